The van der Waals surface area contributed by atoms with E-state index in [1.54, 1.807) is 23.1 Å². The van der Waals surface area contributed by atoms with E-state index in [2.05, 4.69) is 5.32 Å². The summed E-state index contributed by atoms with van der Waals surface area (Å²) in [5.41, 5.74) is 1.99. The number of halogens is 1. The molecule has 0 atom stereocenters. The molecule has 1 aliphatic heterocycles. The number of aromatic nitrogens is 2. The lowest BCUT2D eigenvalue weighted by Gasteiger charge is -2.22. The van der Waals surface area contributed by atoms with Gasteiger partial charge >= 0.3 is 0 Å². The summed E-state index contributed by atoms with van der Waals surface area (Å²) in [6.45, 7) is 1.85. The largest absolute Gasteiger partial charge is 0.486 e. The molecule has 34 heavy (non-hydrogen) atoms. The van der Waals surface area contributed by atoms with E-state index in [0.717, 1.165) is 11.3 Å². The Bertz CT molecular complexity index is 1270. The highest BCUT2D eigenvalue weighted by atomic mass is 19.1. The van der Waals surface area contributed by atoms with E-state index in [4.69, 9.17) is 9.72 Å². The predicted molar refractivity (Wildman–Crippen MR) is 128 cm³/mol. The van der Waals surface area contributed by atoms with Crippen molar-refractivity contribution < 1.29 is 13.9 Å². The monoisotopic (exact) mass is 456 g/mol. The Hall–Kier alpha value is -4.13. The molecule has 0 saturated heterocycles. The highest BCUT2D eigenvalue weighted by Gasteiger charge is 2.30. The van der Waals surface area contributed by atoms with Crippen LogP contribution in [0, 0.1) is 5.82 Å². The summed E-state index contributed by atoms with van der Waals surface area (Å²) in [4.78, 5) is 20.1. The van der Waals surface area contributed by atoms with Crippen molar-refractivity contribution in [1.82, 2.24) is 14.5 Å². The Morgan fingerprint density at radius 2 is 1.62 bits per heavy atom. The second-order valence-corrected chi connectivity index (χ2v) is 8.14. The number of ether oxygens (including phenoxy) is 1. The van der Waals surface area contributed by atoms with E-state index in [-0.39, 0.29) is 24.9 Å². The third-order valence-corrected chi connectivity index (χ3v) is 5.82. The van der Waals surface area contributed by atoms with E-state index in [1.165, 1.54) is 6.07 Å². The summed E-state index contributed by atoms with van der Waals surface area (Å²) < 4.78 is 22.2. The molecule has 0 spiro atoms. The zero-order valence-electron chi connectivity index (χ0n) is 18.7. The average Bonchev–Trinajstić information content (AvgIpc) is 3.12. The lowest BCUT2D eigenvalue weighted by molar-refractivity contribution is 0.0743. The number of rotatable bonds is 7. The lowest BCUT2D eigenvalue weighted by Crippen LogP contribution is -2.34. The summed E-state index contributed by atoms with van der Waals surface area (Å²) in [6.07, 6.45) is 0. The van der Waals surface area contributed by atoms with Gasteiger partial charge in [-0.2, -0.15) is 0 Å². The van der Waals surface area contributed by atoms with E-state index in [0.29, 0.717) is 42.5 Å². The van der Waals surface area contributed by atoms with Crippen LogP contribution in [0.5, 0.6) is 5.75 Å². The van der Waals surface area contributed by atoms with Crippen molar-refractivity contribution in [2.45, 2.75) is 19.7 Å². The third-order valence-electron chi connectivity index (χ3n) is 5.82. The number of nitrogens with zero attached hydrogens (tertiary/aromatic N) is 3. The number of hydrogen-bond donors (Lipinski definition) is 1. The first-order valence-electron chi connectivity index (χ1n) is 11.3. The van der Waals surface area contributed by atoms with Gasteiger partial charge in [0.1, 0.15) is 24.0 Å². The quantitative estimate of drug-likeness (QED) is 0.437. The van der Waals surface area contributed by atoms with Crippen molar-refractivity contribution >= 4 is 11.7 Å². The van der Waals surface area contributed by atoms with Crippen LogP contribution >= 0.6 is 0 Å². The molecule has 5 rings (SSSR count). The van der Waals surface area contributed by atoms with Crippen LogP contribution in [0.25, 0.3) is 0 Å². The molecule has 0 radical (unpaired) electrons. The molecular formula is C27H25FN4O2. The minimum absolute atomic E-state index is 0.183. The van der Waals surface area contributed by atoms with Crippen molar-refractivity contribution in [2.75, 3.05) is 18.4 Å². The molecule has 1 N–H and O–H groups in total. The molecule has 0 saturated carbocycles. The van der Waals surface area contributed by atoms with Crippen molar-refractivity contribution in [1.29, 1.82) is 0 Å². The molecule has 1 amide bonds. The van der Waals surface area contributed by atoms with Gasteiger partial charge in [0.05, 0.1) is 0 Å². The van der Waals surface area contributed by atoms with Crippen LogP contribution in [0.3, 0.4) is 0 Å². The Balaban J connectivity index is 1.49. The summed E-state index contributed by atoms with van der Waals surface area (Å²) in [7, 11) is 0. The molecule has 1 aliphatic rings. The summed E-state index contributed by atoms with van der Waals surface area (Å²) in [5, 5.41) is 3.29. The zero-order valence-corrected chi connectivity index (χ0v) is 18.7. The number of imidazole rings is 1. The van der Waals surface area contributed by atoms with Gasteiger partial charge in [0.25, 0.3) is 5.91 Å². The van der Waals surface area contributed by atoms with Gasteiger partial charge in [-0.25, -0.2) is 9.37 Å². The predicted octanol–water partition coefficient (Wildman–Crippen LogP) is 4.72. The minimum Gasteiger partial charge on any atom is -0.486 e. The first kappa shape index (κ1) is 21.7. The molecule has 2 heterocycles. The number of nitrogens with one attached hydrogen (secondary N) is 1. The number of carbonyl (C=O) groups excluding carboxylic acids is 1. The van der Waals surface area contributed by atoms with Gasteiger partial charge in [-0.05, 0) is 23.8 Å². The Kier molecular flexibility index (Phi) is 6.25. The second-order valence-electron chi connectivity index (χ2n) is 8.14. The molecule has 172 valence electrons. The van der Waals surface area contributed by atoms with E-state index >= 15 is 0 Å². The number of fused-ring (bicyclic) bond motifs is 1. The van der Waals surface area contributed by atoms with E-state index in [9.17, 15) is 9.18 Å². The van der Waals surface area contributed by atoms with Gasteiger partial charge in [0.15, 0.2) is 11.5 Å². The van der Waals surface area contributed by atoms with Gasteiger partial charge in [0.2, 0.25) is 0 Å². The maximum absolute atomic E-state index is 14.3. The van der Waals surface area contributed by atoms with Crippen LogP contribution in [-0.2, 0) is 19.7 Å². The van der Waals surface area contributed by atoms with Crippen LogP contribution in [-0.4, -0.2) is 33.4 Å². The van der Waals surface area contributed by atoms with E-state index < -0.39 is 0 Å². The number of carbonyl (C=O) groups is 1. The lowest BCUT2D eigenvalue weighted by atomic mass is 10.2. The SMILES string of the molecule is O=C1c2c(nc(COc3ccccc3)n2Cc2ccccc2)NCCN1Cc1ccccc1F. The maximum atomic E-state index is 14.3. The second kappa shape index (κ2) is 9.79. The summed E-state index contributed by atoms with van der Waals surface area (Å²) in [6, 6.07) is 26.0. The Morgan fingerprint density at radius 3 is 2.38 bits per heavy atom. The third kappa shape index (κ3) is 4.64. The maximum Gasteiger partial charge on any atom is 0.274 e. The number of hydrogen-bond acceptors (Lipinski definition) is 4. The standard InChI is InChI=1S/C27H25FN4O2/c28-23-14-8-7-11-21(23)18-31-16-15-29-26-25(27(31)33)32(17-20-9-3-1-4-10-20)24(30-26)19-34-22-12-5-2-6-13-22/h1-14,29H,15-19H2. The van der Waals surface area contributed by atoms with Crippen molar-refractivity contribution in [3.63, 3.8) is 0 Å². The first-order valence-corrected chi connectivity index (χ1v) is 11.3. The van der Waals surface area contributed by atoms with Crippen molar-refractivity contribution in [3.8, 4) is 5.75 Å². The van der Waals surface area contributed by atoms with Crippen LogP contribution < -0.4 is 10.1 Å². The van der Waals surface area contributed by atoms with Crippen LogP contribution in [0.4, 0.5) is 10.2 Å². The van der Waals surface area contributed by atoms with Gasteiger partial charge in [-0.1, -0.05) is 66.7 Å². The molecule has 0 unspecified atom stereocenters. The number of amides is 1. The zero-order chi connectivity index (χ0) is 23.3. The molecule has 1 aromatic heterocycles. The van der Waals surface area contributed by atoms with Crippen molar-refractivity contribution in [3.05, 3.63) is 113 Å². The van der Waals surface area contributed by atoms with Gasteiger partial charge in [-0.15, -0.1) is 0 Å². The molecule has 6 nitrogen and oxygen atoms in total. The fourth-order valence-electron chi connectivity index (χ4n) is 4.09. The molecule has 3 aromatic carbocycles. The topological polar surface area (TPSA) is 59.4 Å². The number of benzene rings is 3. The smallest absolute Gasteiger partial charge is 0.274 e. The molecule has 0 bridgehead atoms. The van der Waals surface area contributed by atoms with Gasteiger partial charge in [0, 0.05) is 31.7 Å². The van der Waals surface area contributed by atoms with E-state index in [1.807, 2.05) is 65.2 Å². The fourth-order valence-corrected chi connectivity index (χ4v) is 4.09. The summed E-state index contributed by atoms with van der Waals surface area (Å²) >= 11 is 0. The van der Waals surface area contributed by atoms with Crippen LogP contribution in [0.1, 0.15) is 27.4 Å². The average molecular weight is 457 g/mol. The highest BCUT2D eigenvalue weighted by molar-refractivity contribution is 5.98. The molecule has 7 heteroatoms. The number of para-hydroxylation sites is 1. The Morgan fingerprint density at radius 1 is 0.912 bits per heavy atom. The van der Waals surface area contributed by atoms with Gasteiger partial charge in [-0.3, -0.25) is 4.79 Å². The fraction of sp³-hybridized carbons (Fsp3) is 0.185. The Labute approximate surface area is 197 Å². The molecule has 4 aromatic rings. The van der Waals surface area contributed by atoms with Crippen LogP contribution in [0.15, 0.2) is 84.9 Å². The van der Waals surface area contributed by atoms with Crippen molar-refractivity contribution in [2.24, 2.45) is 0 Å². The molecular weight excluding hydrogens is 431 g/mol. The highest BCUT2D eigenvalue weighted by Crippen LogP contribution is 2.25. The summed E-state index contributed by atoms with van der Waals surface area (Å²) in [5.74, 6) is 1.41. The first-order chi connectivity index (χ1) is 16.7. The molecule has 0 fully saturated rings. The normalized spacial score (nSPS) is 13.2. The van der Waals surface area contributed by atoms with Crippen LogP contribution in [0.2, 0.25) is 0 Å². The molecule has 0 aliphatic carbocycles. The minimum atomic E-state index is -0.317. The van der Waals surface area contributed by atoms with Gasteiger partial charge < -0.3 is 19.5 Å². The number of anilines is 1.